The molecule has 7 nitrogen and oxygen atoms in total. The van der Waals surface area contributed by atoms with Crippen LogP contribution in [0.1, 0.15) is 32.3 Å². The van der Waals surface area contributed by atoms with E-state index in [1.165, 1.54) is 7.11 Å². The maximum Gasteiger partial charge on any atom is 0.387 e. The van der Waals surface area contributed by atoms with Crippen LogP contribution in [-0.4, -0.2) is 63.3 Å². The van der Waals surface area contributed by atoms with Gasteiger partial charge in [-0.1, -0.05) is 6.07 Å². The van der Waals surface area contributed by atoms with Crippen LogP contribution < -0.4 is 14.8 Å². The third-order valence-electron chi connectivity index (χ3n) is 4.78. The van der Waals surface area contributed by atoms with E-state index in [1.54, 1.807) is 25.1 Å². The van der Waals surface area contributed by atoms with Gasteiger partial charge in [0, 0.05) is 26.2 Å². The Morgan fingerprint density at radius 1 is 1.32 bits per heavy atom. The zero-order valence-corrected chi connectivity index (χ0v) is 20.6. The first-order valence-electron chi connectivity index (χ1n) is 10.3. The van der Waals surface area contributed by atoms with Crippen molar-refractivity contribution in [2.75, 3.05) is 39.9 Å². The quantitative estimate of drug-likeness (QED) is 0.217. The van der Waals surface area contributed by atoms with E-state index in [0.29, 0.717) is 32.7 Å². The number of guanidine groups is 1. The molecule has 1 N–H and O–H groups in total. The number of nitrogens with one attached hydrogen (secondary N) is 1. The Hall–Kier alpha value is -1.85. The Morgan fingerprint density at radius 2 is 2.10 bits per heavy atom. The molecule has 0 saturated carbocycles. The Morgan fingerprint density at radius 3 is 2.74 bits per heavy atom. The largest absolute Gasteiger partial charge is 0.493 e. The Balaban J connectivity index is 0.00000480. The fraction of sp³-hybridized carbons (Fsp3) is 0.619. The SMILES string of the molecule is CCNC(=NCCc1ccc(OC)c(OC(F)F)c1)N1CCCC(C(=O)OCC)C1.I. The third kappa shape index (κ3) is 8.66. The second-order valence-corrected chi connectivity index (χ2v) is 6.89. The lowest BCUT2D eigenvalue weighted by Gasteiger charge is -2.34. The van der Waals surface area contributed by atoms with Gasteiger partial charge in [0.25, 0.3) is 0 Å². The Kier molecular flexibility index (Phi) is 12.5. The summed E-state index contributed by atoms with van der Waals surface area (Å²) in [6, 6.07) is 4.96. The van der Waals surface area contributed by atoms with E-state index in [4.69, 9.17) is 9.47 Å². The van der Waals surface area contributed by atoms with Crippen LogP contribution in [0.4, 0.5) is 8.78 Å². The minimum absolute atomic E-state index is 0. The number of aliphatic imine (C=N–C) groups is 1. The van der Waals surface area contributed by atoms with Gasteiger partial charge < -0.3 is 24.4 Å². The van der Waals surface area contributed by atoms with Crippen LogP contribution in [0, 0.1) is 5.92 Å². The van der Waals surface area contributed by atoms with Gasteiger partial charge in [0.15, 0.2) is 17.5 Å². The molecule has 1 saturated heterocycles. The lowest BCUT2D eigenvalue weighted by atomic mass is 9.98. The summed E-state index contributed by atoms with van der Waals surface area (Å²) < 4.78 is 40.0. The van der Waals surface area contributed by atoms with Crippen molar-refractivity contribution in [3.05, 3.63) is 23.8 Å². The fourth-order valence-corrected chi connectivity index (χ4v) is 3.40. The highest BCUT2D eigenvalue weighted by atomic mass is 127. The smallest absolute Gasteiger partial charge is 0.387 e. The number of ether oxygens (including phenoxy) is 3. The molecule has 10 heteroatoms. The lowest BCUT2D eigenvalue weighted by molar-refractivity contribution is -0.149. The molecule has 1 aliphatic rings. The van der Waals surface area contributed by atoms with Crippen molar-refractivity contribution in [3.8, 4) is 11.5 Å². The molecule has 1 unspecified atom stereocenters. The molecular weight excluding hydrogens is 523 g/mol. The first-order valence-corrected chi connectivity index (χ1v) is 10.3. The summed E-state index contributed by atoms with van der Waals surface area (Å²) in [7, 11) is 1.41. The molecule has 1 heterocycles. The third-order valence-corrected chi connectivity index (χ3v) is 4.78. The van der Waals surface area contributed by atoms with Crippen LogP contribution in [0.25, 0.3) is 0 Å². The van der Waals surface area contributed by atoms with Crippen LogP contribution in [0.5, 0.6) is 11.5 Å². The summed E-state index contributed by atoms with van der Waals surface area (Å²) >= 11 is 0. The molecule has 0 amide bonds. The number of esters is 1. The zero-order chi connectivity index (χ0) is 21.9. The predicted molar refractivity (Wildman–Crippen MR) is 126 cm³/mol. The summed E-state index contributed by atoms with van der Waals surface area (Å²) in [4.78, 5) is 18.8. The van der Waals surface area contributed by atoms with Gasteiger partial charge in [-0.3, -0.25) is 9.79 Å². The number of halogens is 3. The van der Waals surface area contributed by atoms with E-state index in [-0.39, 0.29) is 47.4 Å². The molecule has 1 fully saturated rings. The second kappa shape index (κ2) is 14.3. The number of likely N-dealkylation sites (tertiary alicyclic amines) is 1. The van der Waals surface area contributed by atoms with Gasteiger partial charge in [-0.25, -0.2) is 0 Å². The van der Waals surface area contributed by atoms with Crippen molar-refractivity contribution in [2.24, 2.45) is 10.9 Å². The molecule has 0 radical (unpaired) electrons. The average Bonchev–Trinajstić information content (AvgIpc) is 2.73. The maximum absolute atomic E-state index is 12.6. The molecule has 0 bridgehead atoms. The first-order chi connectivity index (χ1) is 14.5. The molecule has 1 aromatic rings. The van der Waals surface area contributed by atoms with E-state index >= 15 is 0 Å². The number of rotatable bonds is 9. The highest BCUT2D eigenvalue weighted by molar-refractivity contribution is 14.0. The Bertz CT molecular complexity index is 722. The first kappa shape index (κ1) is 27.2. The van der Waals surface area contributed by atoms with Gasteiger partial charge in [-0.05, 0) is 50.8 Å². The normalized spacial score (nSPS) is 16.5. The molecule has 1 aromatic carbocycles. The summed E-state index contributed by atoms with van der Waals surface area (Å²) in [5.41, 5.74) is 0.814. The van der Waals surface area contributed by atoms with Gasteiger partial charge in [0.05, 0.1) is 19.6 Å². The average molecular weight is 555 g/mol. The molecule has 0 aliphatic carbocycles. The number of hydrogen-bond donors (Lipinski definition) is 1. The number of alkyl halides is 2. The van der Waals surface area contributed by atoms with Crippen LogP contribution in [0.2, 0.25) is 0 Å². The van der Waals surface area contributed by atoms with Gasteiger partial charge in [-0.2, -0.15) is 8.78 Å². The molecule has 176 valence electrons. The molecule has 0 aromatic heterocycles. The van der Waals surface area contributed by atoms with Crippen LogP contribution in [-0.2, 0) is 16.0 Å². The number of methoxy groups -OCH3 is 1. The number of benzene rings is 1. The van der Waals surface area contributed by atoms with Gasteiger partial charge in [0.2, 0.25) is 0 Å². The number of carbonyl (C=O) groups is 1. The summed E-state index contributed by atoms with van der Waals surface area (Å²) in [6.45, 7) is 3.80. The predicted octanol–water partition coefficient (Wildman–Crippen LogP) is 3.70. The van der Waals surface area contributed by atoms with Crippen LogP contribution in [0.15, 0.2) is 23.2 Å². The van der Waals surface area contributed by atoms with E-state index in [1.807, 2.05) is 6.92 Å². The van der Waals surface area contributed by atoms with E-state index in [0.717, 1.165) is 30.9 Å². The second-order valence-electron chi connectivity index (χ2n) is 6.89. The molecule has 0 spiro atoms. The fourth-order valence-electron chi connectivity index (χ4n) is 3.40. The molecule has 31 heavy (non-hydrogen) atoms. The van der Waals surface area contributed by atoms with Gasteiger partial charge in [0.1, 0.15) is 0 Å². The maximum atomic E-state index is 12.6. The lowest BCUT2D eigenvalue weighted by Crippen LogP contribution is -2.48. The van der Waals surface area contributed by atoms with Crippen molar-refractivity contribution < 1.29 is 27.8 Å². The van der Waals surface area contributed by atoms with Gasteiger partial charge >= 0.3 is 12.6 Å². The summed E-state index contributed by atoms with van der Waals surface area (Å²) in [6.07, 6.45) is 2.25. The standard InChI is InChI=1S/C21H31F2N3O4.HI/c1-4-24-21(26-12-6-7-16(14-26)19(27)29-5-2)25-11-10-15-8-9-17(28-3)18(13-15)30-20(22)23;/h8-9,13,16,20H,4-7,10-12,14H2,1-3H3,(H,24,25);1H. The monoisotopic (exact) mass is 555 g/mol. The molecule has 1 aliphatic heterocycles. The summed E-state index contributed by atoms with van der Waals surface area (Å²) in [5.74, 6) is 0.688. The molecule has 2 rings (SSSR count). The zero-order valence-electron chi connectivity index (χ0n) is 18.2. The van der Waals surface area contributed by atoms with Crippen molar-refractivity contribution in [2.45, 2.75) is 39.7 Å². The minimum Gasteiger partial charge on any atom is -0.493 e. The number of piperidine rings is 1. The van der Waals surface area contributed by atoms with Crippen molar-refractivity contribution in [3.63, 3.8) is 0 Å². The van der Waals surface area contributed by atoms with Gasteiger partial charge in [-0.15, -0.1) is 24.0 Å². The highest BCUT2D eigenvalue weighted by Crippen LogP contribution is 2.29. The van der Waals surface area contributed by atoms with E-state index < -0.39 is 6.61 Å². The van der Waals surface area contributed by atoms with Crippen molar-refractivity contribution in [1.82, 2.24) is 10.2 Å². The number of carbonyl (C=O) groups excluding carboxylic acids is 1. The summed E-state index contributed by atoms with van der Waals surface area (Å²) in [5, 5.41) is 3.27. The highest BCUT2D eigenvalue weighted by Gasteiger charge is 2.28. The van der Waals surface area contributed by atoms with Crippen molar-refractivity contribution >= 4 is 35.9 Å². The van der Waals surface area contributed by atoms with E-state index in [2.05, 4.69) is 19.9 Å². The topological polar surface area (TPSA) is 72.4 Å². The molecule has 1 atom stereocenters. The Labute approximate surface area is 199 Å². The minimum atomic E-state index is -2.92. The van der Waals surface area contributed by atoms with Crippen LogP contribution >= 0.6 is 24.0 Å². The number of hydrogen-bond acceptors (Lipinski definition) is 5. The van der Waals surface area contributed by atoms with Crippen molar-refractivity contribution in [1.29, 1.82) is 0 Å². The van der Waals surface area contributed by atoms with Crippen LogP contribution in [0.3, 0.4) is 0 Å². The number of nitrogens with zero attached hydrogens (tertiary/aromatic N) is 2. The van der Waals surface area contributed by atoms with E-state index in [9.17, 15) is 13.6 Å². The molecular formula is C21H32F2IN3O4.